The molecule has 1 N–H and O–H groups in total. The Morgan fingerprint density at radius 3 is 2.91 bits per heavy atom. The summed E-state index contributed by atoms with van der Waals surface area (Å²) in [5.41, 5.74) is 0.997. The number of thioether (sulfide) groups is 2. The van der Waals surface area contributed by atoms with E-state index in [-0.39, 0.29) is 5.56 Å². The average molecular weight is 333 g/mol. The van der Waals surface area contributed by atoms with Gasteiger partial charge in [-0.25, -0.2) is 4.98 Å². The van der Waals surface area contributed by atoms with Crippen molar-refractivity contribution >= 4 is 28.6 Å². The molecule has 22 heavy (non-hydrogen) atoms. The maximum Gasteiger partial charge on any atom is 0.251 e. The lowest BCUT2D eigenvalue weighted by molar-refractivity contribution is 0.415. The first-order chi connectivity index (χ1) is 10.7. The number of methoxy groups -OCH3 is 1. The summed E-state index contributed by atoms with van der Waals surface area (Å²) >= 11 is 3.32. The zero-order valence-corrected chi connectivity index (χ0v) is 13.6. The van der Waals surface area contributed by atoms with E-state index in [1.54, 1.807) is 30.6 Å². The second-order valence-corrected chi connectivity index (χ2v) is 6.96. The number of aromatic amines is 1. The van der Waals surface area contributed by atoms with E-state index in [9.17, 15) is 4.79 Å². The van der Waals surface area contributed by atoms with Crippen molar-refractivity contribution in [2.75, 3.05) is 19.4 Å². The molecule has 0 saturated carbocycles. The number of benzene rings is 1. The van der Waals surface area contributed by atoms with Gasteiger partial charge in [-0.15, -0.1) is 11.8 Å². The lowest BCUT2D eigenvalue weighted by atomic mass is 10.2. The van der Waals surface area contributed by atoms with Crippen molar-refractivity contribution in [1.29, 1.82) is 0 Å². The number of rotatable bonds is 5. The molecule has 0 amide bonds. The van der Waals surface area contributed by atoms with Crippen LogP contribution in [-0.2, 0) is 0 Å². The van der Waals surface area contributed by atoms with Gasteiger partial charge in [-0.3, -0.25) is 9.79 Å². The monoisotopic (exact) mass is 333 g/mol. The van der Waals surface area contributed by atoms with Crippen LogP contribution in [0.4, 0.5) is 0 Å². The number of hydrogen-bond donors (Lipinski definition) is 1. The van der Waals surface area contributed by atoms with E-state index in [0.717, 1.165) is 28.7 Å². The summed E-state index contributed by atoms with van der Waals surface area (Å²) in [4.78, 5) is 22.7. The molecule has 1 aromatic heterocycles. The van der Waals surface area contributed by atoms with Crippen molar-refractivity contribution in [3.8, 4) is 5.75 Å². The smallest absolute Gasteiger partial charge is 0.251 e. The molecule has 5 nitrogen and oxygen atoms in total. The Morgan fingerprint density at radius 1 is 1.36 bits per heavy atom. The standard InChI is InChI=1S/C15H15N3O2S2/c1-20-11-4-2-10(3-5-11)14-17-8-12(22-14)9-21-15-16-7-6-13(19)18-15/h2-7,12H,8-9H2,1H3,(H,16,18,19)/t12-/m1/s1. The second kappa shape index (κ2) is 7.02. The van der Waals surface area contributed by atoms with Crippen LogP contribution < -0.4 is 10.3 Å². The molecular formula is C15H15N3O2S2. The Morgan fingerprint density at radius 2 is 2.18 bits per heavy atom. The minimum absolute atomic E-state index is 0.119. The Hall–Kier alpha value is -1.73. The highest BCUT2D eigenvalue weighted by Crippen LogP contribution is 2.30. The predicted octanol–water partition coefficient (Wildman–Crippen LogP) is 2.43. The second-order valence-electron chi connectivity index (χ2n) is 4.66. The average Bonchev–Trinajstić information content (AvgIpc) is 3.02. The van der Waals surface area contributed by atoms with E-state index in [1.165, 1.54) is 12.3 Å². The molecule has 1 aromatic carbocycles. The van der Waals surface area contributed by atoms with Crippen LogP contribution in [0.3, 0.4) is 0 Å². The summed E-state index contributed by atoms with van der Waals surface area (Å²) in [6.07, 6.45) is 1.53. The van der Waals surface area contributed by atoms with Gasteiger partial charge in [0.15, 0.2) is 5.16 Å². The highest BCUT2D eigenvalue weighted by Gasteiger charge is 2.21. The third kappa shape index (κ3) is 3.72. The van der Waals surface area contributed by atoms with Crippen molar-refractivity contribution in [2.45, 2.75) is 10.4 Å². The van der Waals surface area contributed by atoms with Gasteiger partial charge in [0, 0.05) is 28.8 Å². The molecule has 1 aliphatic heterocycles. The van der Waals surface area contributed by atoms with Gasteiger partial charge < -0.3 is 9.72 Å². The topological polar surface area (TPSA) is 67.3 Å². The van der Waals surface area contributed by atoms with Gasteiger partial charge in [0.05, 0.1) is 18.7 Å². The molecule has 3 rings (SSSR count). The highest BCUT2D eigenvalue weighted by atomic mass is 32.2. The van der Waals surface area contributed by atoms with Gasteiger partial charge >= 0.3 is 0 Å². The van der Waals surface area contributed by atoms with Gasteiger partial charge in [0.1, 0.15) is 5.75 Å². The zero-order chi connectivity index (χ0) is 15.4. The Labute approximate surface area is 136 Å². The van der Waals surface area contributed by atoms with Crippen molar-refractivity contribution in [3.05, 3.63) is 52.4 Å². The Balaban J connectivity index is 1.56. The number of nitrogens with zero attached hydrogens (tertiary/aromatic N) is 2. The van der Waals surface area contributed by atoms with Gasteiger partial charge in [0.25, 0.3) is 5.56 Å². The van der Waals surface area contributed by atoms with Crippen LogP contribution in [0.2, 0.25) is 0 Å². The van der Waals surface area contributed by atoms with Crippen molar-refractivity contribution in [2.24, 2.45) is 4.99 Å². The summed E-state index contributed by atoms with van der Waals surface area (Å²) in [7, 11) is 1.66. The van der Waals surface area contributed by atoms with Gasteiger partial charge in [0.2, 0.25) is 0 Å². The molecule has 0 saturated heterocycles. The quantitative estimate of drug-likeness (QED) is 0.672. The summed E-state index contributed by atoms with van der Waals surface area (Å²) in [5.74, 6) is 1.71. The lowest BCUT2D eigenvalue weighted by Gasteiger charge is -2.07. The normalized spacial score (nSPS) is 17.3. The fourth-order valence-electron chi connectivity index (χ4n) is 1.99. The Bertz CT molecular complexity index is 728. The highest BCUT2D eigenvalue weighted by molar-refractivity contribution is 8.16. The molecule has 0 aliphatic carbocycles. The number of hydrogen-bond acceptors (Lipinski definition) is 6. The van der Waals surface area contributed by atoms with E-state index in [2.05, 4.69) is 15.0 Å². The largest absolute Gasteiger partial charge is 0.497 e. The van der Waals surface area contributed by atoms with E-state index in [1.807, 2.05) is 24.3 Å². The van der Waals surface area contributed by atoms with Gasteiger partial charge in [-0.1, -0.05) is 11.8 Å². The van der Waals surface area contributed by atoms with Crippen molar-refractivity contribution in [3.63, 3.8) is 0 Å². The summed E-state index contributed by atoms with van der Waals surface area (Å²) < 4.78 is 5.16. The number of nitrogens with one attached hydrogen (secondary N) is 1. The third-order valence-corrected chi connectivity index (χ3v) is 5.61. The van der Waals surface area contributed by atoms with Gasteiger partial charge in [-0.2, -0.15) is 0 Å². The van der Waals surface area contributed by atoms with Crippen LogP contribution in [0.15, 0.2) is 51.5 Å². The minimum Gasteiger partial charge on any atom is -0.497 e. The first-order valence-corrected chi connectivity index (χ1v) is 8.65. The van der Waals surface area contributed by atoms with Crippen LogP contribution >= 0.6 is 23.5 Å². The first-order valence-electron chi connectivity index (χ1n) is 6.78. The molecule has 0 radical (unpaired) electrons. The molecule has 2 heterocycles. The first kappa shape index (κ1) is 15.2. The zero-order valence-electron chi connectivity index (χ0n) is 12.0. The number of ether oxygens (including phenoxy) is 1. The molecular weight excluding hydrogens is 318 g/mol. The molecule has 1 atom stereocenters. The fraction of sp³-hybridized carbons (Fsp3) is 0.267. The van der Waals surface area contributed by atoms with Crippen LogP contribution in [0.5, 0.6) is 5.75 Å². The van der Waals surface area contributed by atoms with E-state index < -0.39 is 0 Å². The molecule has 0 fully saturated rings. The van der Waals surface area contributed by atoms with Crippen molar-refractivity contribution < 1.29 is 4.74 Å². The molecule has 7 heteroatoms. The van der Waals surface area contributed by atoms with E-state index >= 15 is 0 Å². The summed E-state index contributed by atoms with van der Waals surface area (Å²) in [5, 5.41) is 2.11. The maximum absolute atomic E-state index is 11.2. The third-order valence-electron chi connectivity index (χ3n) is 3.11. The van der Waals surface area contributed by atoms with E-state index in [4.69, 9.17) is 4.74 Å². The molecule has 2 aromatic rings. The lowest BCUT2D eigenvalue weighted by Crippen LogP contribution is -2.10. The number of aromatic nitrogens is 2. The molecule has 0 unspecified atom stereocenters. The van der Waals surface area contributed by atoms with Crippen molar-refractivity contribution in [1.82, 2.24) is 9.97 Å². The molecule has 0 bridgehead atoms. The van der Waals surface area contributed by atoms with Crippen LogP contribution in [0, 0.1) is 0 Å². The fourth-order valence-corrected chi connectivity index (χ4v) is 4.11. The summed E-state index contributed by atoms with van der Waals surface area (Å²) in [6, 6.07) is 9.35. The van der Waals surface area contributed by atoms with E-state index in [0.29, 0.717) is 10.4 Å². The minimum atomic E-state index is -0.119. The molecule has 1 aliphatic rings. The van der Waals surface area contributed by atoms with Gasteiger partial charge in [-0.05, 0) is 24.3 Å². The molecule has 114 valence electrons. The Kier molecular flexibility index (Phi) is 4.84. The van der Waals surface area contributed by atoms with Crippen LogP contribution in [0.1, 0.15) is 5.56 Å². The SMILES string of the molecule is COc1ccc(C2=NC[C@H](CSc3nccc(=O)[nH]3)S2)cc1. The van der Waals surface area contributed by atoms with Crippen LogP contribution in [0.25, 0.3) is 0 Å². The predicted molar refractivity (Wildman–Crippen MR) is 91.4 cm³/mol. The summed E-state index contributed by atoms with van der Waals surface area (Å²) in [6.45, 7) is 0.788. The number of H-pyrrole nitrogens is 1. The maximum atomic E-state index is 11.2. The van der Waals surface area contributed by atoms with Crippen LogP contribution in [-0.4, -0.2) is 39.7 Å². The molecule has 0 spiro atoms. The number of aliphatic imine (C=N–C) groups is 1.